The van der Waals surface area contributed by atoms with Crippen LogP contribution in [0.5, 0.6) is 0 Å². The van der Waals surface area contributed by atoms with Gasteiger partial charge in [-0.1, -0.05) is 12.1 Å². The van der Waals surface area contributed by atoms with Gasteiger partial charge in [0.2, 0.25) is 0 Å². The molecule has 4 rings (SSSR count). The van der Waals surface area contributed by atoms with Crippen LogP contribution in [0.15, 0.2) is 52.3 Å². The standard InChI is InChI=1S/C24H29N3O6S2/c1-34-22-9-8-18(15-20(22)24(29)27-10-13-32-14-11-27)35(30,31)26-21-7-3-2-6-19(21)23(28)25-16-17-5-4-12-33-17/h2-3,6-9,15,17,26H,4-5,10-14,16H2,1H3,(H,25,28)/t17-/m1/s1. The first-order valence-electron chi connectivity index (χ1n) is 11.5. The molecule has 0 radical (unpaired) electrons. The SMILES string of the molecule is CSc1ccc(S(=O)(=O)Nc2ccccc2C(=O)NC[C@H]2CCCO2)cc1C(=O)N1CCOCC1. The van der Waals surface area contributed by atoms with Gasteiger partial charge in [0.25, 0.3) is 21.8 Å². The smallest absolute Gasteiger partial charge is 0.261 e. The molecule has 11 heteroatoms. The van der Waals surface area contributed by atoms with Crippen molar-refractivity contribution in [2.24, 2.45) is 0 Å². The van der Waals surface area contributed by atoms with E-state index in [4.69, 9.17) is 9.47 Å². The molecule has 0 saturated carbocycles. The summed E-state index contributed by atoms with van der Waals surface area (Å²) in [4.78, 5) is 28.2. The minimum atomic E-state index is -4.07. The zero-order chi connectivity index (χ0) is 24.8. The fourth-order valence-corrected chi connectivity index (χ4v) is 5.71. The van der Waals surface area contributed by atoms with Gasteiger partial charge in [-0.3, -0.25) is 14.3 Å². The number of hydrogen-bond acceptors (Lipinski definition) is 7. The molecule has 2 N–H and O–H groups in total. The van der Waals surface area contributed by atoms with Crippen molar-refractivity contribution in [1.82, 2.24) is 10.2 Å². The third kappa shape index (κ3) is 6.16. The van der Waals surface area contributed by atoms with Crippen LogP contribution in [0, 0.1) is 0 Å². The van der Waals surface area contributed by atoms with Gasteiger partial charge in [0.15, 0.2) is 0 Å². The van der Waals surface area contributed by atoms with Crippen LogP contribution in [0.2, 0.25) is 0 Å². The van der Waals surface area contributed by atoms with Crippen LogP contribution in [0.25, 0.3) is 0 Å². The first-order chi connectivity index (χ1) is 16.9. The lowest BCUT2D eigenvalue weighted by Gasteiger charge is -2.27. The summed E-state index contributed by atoms with van der Waals surface area (Å²) in [5.41, 5.74) is 0.691. The van der Waals surface area contributed by atoms with E-state index in [1.807, 2.05) is 6.26 Å². The van der Waals surface area contributed by atoms with Crippen LogP contribution >= 0.6 is 11.8 Å². The van der Waals surface area contributed by atoms with Gasteiger partial charge in [0.1, 0.15) is 0 Å². The molecular weight excluding hydrogens is 490 g/mol. The number of hydrogen-bond donors (Lipinski definition) is 2. The van der Waals surface area contributed by atoms with Gasteiger partial charge in [-0.05, 0) is 49.4 Å². The number of para-hydroxylation sites is 1. The number of thioether (sulfide) groups is 1. The summed E-state index contributed by atoms with van der Waals surface area (Å²) in [6.07, 6.45) is 3.65. The number of ether oxygens (including phenoxy) is 2. The largest absolute Gasteiger partial charge is 0.378 e. The predicted octanol–water partition coefficient (Wildman–Crippen LogP) is 2.59. The molecule has 2 heterocycles. The number of anilines is 1. The lowest BCUT2D eigenvalue weighted by atomic mass is 10.1. The van der Waals surface area contributed by atoms with Crippen molar-refractivity contribution >= 4 is 39.3 Å². The fourth-order valence-electron chi connectivity index (χ4n) is 4.04. The Hall–Kier alpha value is -2.60. The maximum Gasteiger partial charge on any atom is 0.261 e. The molecule has 2 aromatic carbocycles. The molecule has 1 atom stereocenters. The fraction of sp³-hybridized carbons (Fsp3) is 0.417. The summed E-state index contributed by atoms with van der Waals surface area (Å²) >= 11 is 1.38. The van der Waals surface area contributed by atoms with Crippen molar-refractivity contribution in [2.75, 3.05) is 50.4 Å². The van der Waals surface area contributed by atoms with Crippen LogP contribution < -0.4 is 10.0 Å². The number of morpholine rings is 1. The molecule has 0 unspecified atom stereocenters. The normalized spacial score (nSPS) is 18.3. The number of nitrogens with one attached hydrogen (secondary N) is 2. The summed E-state index contributed by atoms with van der Waals surface area (Å²) in [6.45, 7) is 2.86. The summed E-state index contributed by atoms with van der Waals surface area (Å²) in [7, 11) is -4.07. The summed E-state index contributed by atoms with van der Waals surface area (Å²) in [5.74, 6) is -0.622. The van der Waals surface area contributed by atoms with E-state index < -0.39 is 10.0 Å². The lowest BCUT2D eigenvalue weighted by Crippen LogP contribution is -2.41. The average Bonchev–Trinajstić information content (AvgIpc) is 3.41. The molecule has 0 spiro atoms. The second-order valence-corrected chi connectivity index (χ2v) is 10.8. The van der Waals surface area contributed by atoms with E-state index in [1.165, 1.54) is 30.0 Å². The van der Waals surface area contributed by atoms with E-state index in [2.05, 4.69) is 10.0 Å². The monoisotopic (exact) mass is 519 g/mol. The van der Waals surface area contributed by atoms with E-state index in [1.54, 1.807) is 29.2 Å². The molecular formula is C24H29N3O6S2. The van der Waals surface area contributed by atoms with E-state index in [0.29, 0.717) is 49.9 Å². The third-order valence-electron chi connectivity index (χ3n) is 5.94. The molecule has 2 amide bonds. The number of sulfonamides is 1. The zero-order valence-electron chi connectivity index (χ0n) is 19.5. The Morgan fingerprint density at radius 3 is 2.57 bits per heavy atom. The number of benzene rings is 2. The Labute approximate surface area is 209 Å². The molecule has 2 saturated heterocycles. The maximum absolute atomic E-state index is 13.3. The molecule has 0 aromatic heterocycles. The first-order valence-corrected chi connectivity index (χ1v) is 14.2. The number of carbonyl (C=O) groups excluding carboxylic acids is 2. The van der Waals surface area contributed by atoms with Gasteiger partial charge in [0.05, 0.1) is 41.0 Å². The van der Waals surface area contributed by atoms with E-state index in [9.17, 15) is 18.0 Å². The van der Waals surface area contributed by atoms with E-state index >= 15 is 0 Å². The number of carbonyl (C=O) groups is 2. The highest BCUT2D eigenvalue weighted by Gasteiger charge is 2.25. The van der Waals surface area contributed by atoms with Crippen LogP contribution in [-0.2, 0) is 19.5 Å². The Morgan fingerprint density at radius 1 is 1.09 bits per heavy atom. The second-order valence-electron chi connectivity index (χ2n) is 8.26. The van der Waals surface area contributed by atoms with Crippen molar-refractivity contribution in [3.63, 3.8) is 0 Å². The summed E-state index contributed by atoms with van der Waals surface area (Å²) in [6, 6.07) is 10.9. The molecule has 0 bridgehead atoms. The third-order valence-corrected chi connectivity index (χ3v) is 8.10. The predicted molar refractivity (Wildman–Crippen MR) is 134 cm³/mol. The molecule has 2 aromatic rings. The van der Waals surface area contributed by atoms with Crippen LogP contribution in [0.3, 0.4) is 0 Å². The van der Waals surface area contributed by atoms with Gasteiger partial charge in [-0.15, -0.1) is 11.8 Å². The second kappa shape index (κ2) is 11.4. The summed E-state index contributed by atoms with van der Waals surface area (Å²) in [5, 5.41) is 2.82. The van der Waals surface area contributed by atoms with Gasteiger partial charge in [-0.2, -0.15) is 0 Å². The highest BCUT2D eigenvalue weighted by Crippen LogP contribution is 2.27. The molecule has 9 nitrogen and oxygen atoms in total. The van der Waals surface area contributed by atoms with Crippen molar-refractivity contribution in [3.8, 4) is 0 Å². The van der Waals surface area contributed by atoms with Crippen LogP contribution in [0.1, 0.15) is 33.6 Å². The molecule has 2 aliphatic heterocycles. The number of amides is 2. The van der Waals surface area contributed by atoms with E-state index in [0.717, 1.165) is 12.8 Å². The number of rotatable bonds is 8. The van der Waals surface area contributed by atoms with Crippen molar-refractivity contribution < 1.29 is 27.5 Å². The Morgan fingerprint density at radius 2 is 1.86 bits per heavy atom. The highest BCUT2D eigenvalue weighted by atomic mass is 32.2. The summed E-state index contributed by atoms with van der Waals surface area (Å²) < 4.78 is 39.9. The Bertz CT molecular complexity index is 1180. The van der Waals surface area contributed by atoms with Crippen molar-refractivity contribution in [1.29, 1.82) is 0 Å². The van der Waals surface area contributed by atoms with Gasteiger partial charge < -0.3 is 19.7 Å². The molecule has 188 valence electrons. The minimum Gasteiger partial charge on any atom is -0.378 e. The first kappa shape index (κ1) is 25.5. The van der Waals surface area contributed by atoms with Gasteiger partial charge in [-0.25, -0.2) is 8.42 Å². The molecule has 35 heavy (non-hydrogen) atoms. The van der Waals surface area contributed by atoms with E-state index in [-0.39, 0.29) is 34.1 Å². The van der Waals surface area contributed by atoms with Gasteiger partial charge >= 0.3 is 0 Å². The molecule has 0 aliphatic carbocycles. The quantitative estimate of drug-likeness (QED) is 0.516. The van der Waals surface area contributed by atoms with Crippen LogP contribution in [-0.4, -0.2) is 76.9 Å². The molecule has 2 aliphatic rings. The minimum absolute atomic E-state index is 0.0276. The van der Waals surface area contributed by atoms with Crippen LogP contribution in [0.4, 0.5) is 5.69 Å². The highest BCUT2D eigenvalue weighted by molar-refractivity contribution is 7.98. The Kier molecular flexibility index (Phi) is 8.32. The molecule has 2 fully saturated rings. The lowest BCUT2D eigenvalue weighted by molar-refractivity contribution is 0.0300. The Balaban J connectivity index is 1.55. The average molecular weight is 520 g/mol. The van der Waals surface area contributed by atoms with Crippen molar-refractivity contribution in [3.05, 3.63) is 53.6 Å². The maximum atomic E-state index is 13.3. The zero-order valence-corrected chi connectivity index (χ0v) is 21.1. The van der Waals surface area contributed by atoms with Crippen molar-refractivity contribution in [2.45, 2.75) is 28.7 Å². The topological polar surface area (TPSA) is 114 Å². The number of nitrogens with zero attached hydrogens (tertiary/aromatic N) is 1. The van der Waals surface area contributed by atoms with Gasteiger partial charge in [0, 0.05) is 31.1 Å².